The van der Waals surface area contributed by atoms with E-state index in [1.807, 2.05) is 72.8 Å². The Labute approximate surface area is 163 Å². The highest BCUT2D eigenvalue weighted by Crippen LogP contribution is 2.38. The van der Waals surface area contributed by atoms with Crippen molar-refractivity contribution in [1.29, 1.82) is 0 Å². The van der Waals surface area contributed by atoms with E-state index in [0.717, 1.165) is 28.1 Å². The number of carbonyl (C=O) groups excluding carboxylic acids is 1. The molecule has 4 heteroatoms. The molecule has 0 spiro atoms. The summed E-state index contributed by atoms with van der Waals surface area (Å²) in [4.78, 5) is 19.6. The Hall–Kier alpha value is -3.27. The quantitative estimate of drug-likeness (QED) is 0.601. The van der Waals surface area contributed by atoms with Gasteiger partial charge in [0, 0.05) is 24.1 Å². The molecule has 5 rings (SSSR count). The highest BCUT2D eigenvalue weighted by Gasteiger charge is 2.35. The van der Waals surface area contributed by atoms with Crippen LogP contribution < -0.4 is 4.90 Å². The second-order valence-electron chi connectivity index (χ2n) is 7.67. The van der Waals surface area contributed by atoms with Crippen molar-refractivity contribution in [2.24, 2.45) is 4.99 Å². The van der Waals surface area contributed by atoms with Crippen LogP contribution in [0.2, 0.25) is 0 Å². The van der Waals surface area contributed by atoms with Crippen LogP contribution in [0, 0.1) is 0 Å². The Morgan fingerprint density at radius 2 is 1.64 bits per heavy atom. The maximum absolute atomic E-state index is 14.3. The van der Waals surface area contributed by atoms with E-state index >= 15 is 0 Å². The number of carbonyl (C=O) groups is 1. The average Bonchev–Trinajstić information content (AvgIpc) is 3.14. The molecular formula is C24H19FN2O. The maximum Gasteiger partial charge on any atom is 0.282 e. The molecule has 0 aromatic heterocycles. The van der Waals surface area contributed by atoms with Crippen molar-refractivity contribution in [3.05, 3.63) is 89.5 Å². The number of alkyl halides is 1. The minimum absolute atomic E-state index is 0.150. The summed E-state index contributed by atoms with van der Waals surface area (Å²) in [6.45, 7) is 1.63. The fourth-order valence-corrected chi connectivity index (χ4v) is 4.15. The fourth-order valence-electron chi connectivity index (χ4n) is 4.15. The van der Waals surface area contributed by atoms with Crippen LogP contribution in [-0.2, 0) is 17.6 Å². The monoisotopic (exact) mass is 370 g/mol. The number of hydrogen-bond acceptors (Lipinski definition) is 2. The van der Waals surface area contributed by atoms with E-state index in [2.05, 4.69) is 4.99 Å². The van der Waals surface area contributed by atoms with E-state index in [9.17, 15) is 9.18 Å². The number of amides is 1. The van der Waals surface area contributed by atoms with Gasteiger partial charge in [-0.15, -0.1) is 0 Å². The van der Waals surface area contributed by atoms with Crippen LogP contribution >= 0.6 is 0 Å². The largest absolute Gasteiger partial charge is 0.282 e. The molecule has 3 nitrogen and oxygen atoms in total. The van der Waals surface area contributed by atoms with Crippen LogP contribution in [0.4, 0.5) is 21.5 Å². The van der Waals surface area contributed by atoms with Crippen LogP contribution in [-0.4, -0.2) is 17.3 Å². The van der Waals surface area contributed by atoms with Crippen molar-refractivity contribution in [3.8, 4) is 0 Å². The fraction of sp³-hybridized carbons (Fsp3) is 0.167. The number of benzene rings is 3. The van der Waals surface area contributed by atoms with E-state index in [1.165, 1.54) is 0 Å². The Bertz CT molecular complexity index is 1120. The molecule has 3 aromatic rings. The standard InChI is InChI=1S/C24H19FN2O/c1-24(25)14-16-11-12-18(13-17(16)15-24)26-22-20-9-5-6-10-21(20)27(23(22)28)19-7-3-2-4-8-19/h2-13H,14-15H2,1H3. The molecule has 138 valence electrons. The maximum atomic E-state index is 14.3. The third kappa shape index (κ3) is 2.73. The molecular weight excluding hydrogens is 351 g/mol. The van der Waals surface area contributed by atoms with Gasteiger partial charge in [0.05, 0.1) is 11.4 Å². The lowest BCUT2D eigenvalue weighted by Crippen LogP contribution is -2.25. The van der Waals surface area contributed by atoms with Crippen LogP contribution in [0.15, 0.2) is 77.8 Å². The molecule has 0 N–H and O–H groups in total. The number of hydrogen-bond donors (Lipinski definition) is 0. The summed E-state index contributed by atoms with van der Waals surface area (Å²) in [5.74, 6) is -0.150. The number of aliphatic imine (C=N–C) groups is 1. The summed E-state index contributed by atoms with van der Waals surface area (Å²) in [6.07, 6.45) is 0.824. The third-order valence-corrected chi connectivity index (χ3v) is 5.37. The van der Waals surface area contributed by atoms with Crippen molar-refractivity contribution in [3.63, 3.8) is 0 Å². The molecule has 2 aliphatic rings. The first-order valence-corrected chi connectivity index (χ1v) is 9.40. The van der Waals surface area contributed by atoms with Crippen molar-refractivity contribution >= 4 is 28.7 Å². The van der Waals surface area contributed by atoms with E-state index in [4.69, 9.17) is 0 Å². The van der Waals surface area contributed by atoms with Gasteiger partial charge in [0.1, 0.15) is 11.4 Å². The highest BCUT2D eigenvalue weighted by molar-refractivity contribution is 6.56. The zero-order valence-corrected chi connectivity index (χ0v) is 15.5. The first kappa shape index (κ1) is 16.9. The van der Waals surface area contributed by atoms with E-state index in [-0.39, 0.29) is 5.91 Å². The van der Waals surface area contributed by atoms with Crippen molar-refractivity contribution in [1.82, 2.24) is 0 Å². The lowest BCUT2D eigenvalue weighted by molar-refractivity contribution is -0.111. The number of anilines is 2. The van der Waals surface area contributed by atoms with Crippen LogP contribution in [0.1, 0.15) is 23.6 Å². The first-order valence-electron chi connectivity index (χ1n) is 9.40. The summed E-state index contributed by atoms with van der Waals surface area (Å²) in [6, 6.07) is 23.0. The van der Waals surface area contributed by atoms with E-state index in [1.54, 1.807) is 11.8 Å². The Balaban J connectivity index is 1.59. The minimum atomic E-state index is -1.20. The normalized spacial score (nSPS) is 21.9. The molecule has 1 amide bonds. The molecule has 0 radical (unpaired) electrons. The minimum Gasteiger partial charge on any atom is -0.275 e. The van der Waals surface area contributed by atoms with E-state index < -0.39 is 5.67 Å². The number of para-hydroxylation sites is 2. The molecule has 1 aliphatic heterocycles. The summed E-state index contributed by atoms with van der Waals surface area (Å²) >= 11 is 0. The second kappa shape index (κ2) is 6.13. The summed E-state index contributed by atoms with van der Waals surface area (Å²) in [5.41, 5.74) is 4.36. The third-order valence-electron chi connectivity index (χ3n) is 5.37. The Kier molecular flexibility index (Phi) is 3.69. The van der Waals surface area contributed by atoms with Gasteiger partial charge in [0.25, 0.3) is 5.91 Å². The van der Waals surface area contributed by atoms with Crippen molar-refractivity contribution in [2.45, 2.75) is 25.4 Å². The molecule has 0 bridgehead atoms. The predicted octanol–water partition coefficient (Wildman–Crippen LogP) is 5.31. The molecule has 0 fully saturated rings. The van der Waals surface area contributed by atoms with Crippen LogP contribution in [0.3, 0.4) is 0 Å². The van der Waals surface area contributed by atoms with Gasteiger partial charge in [0.2, 0.25) is 0 Å². The lowest BCUT2D eigenvalue weighted by atomic mass is 10.1. The number of nitrogens with zero attached hydrogens (tertiary/aromatic N) is 2. The summed E-state index contributed by atoms with van der Waals surface area (Å²) < 4.78 is 14.3. The average molecular weight is 370 g/mol. The predicted molar refractivity (Wildman–Crippen MR) is 110 cm³/mol. The molecule has 0 saturated heterocycles. The second-order valence-corrected chi connectivity index (χ2v) is 7.67. The van der Waals surface area contributed by atoms with Gasteiger partial charge in [-0.2, -0.15) is 0 Å². The first-order chi connectivity index (χ1) is 13.5. The molecule has 1 aliphatic carbocycles. The summed E-state index contributed by atoms with van der Waals surface area (Å²) in [5, 5.41) is 0. The molecule has 3 aromatic carbocycles. The number of rotatable bonds is 2. The van der Waals surface area contributed by atoms with Gasteiger partial charge < -0.3 is 0 Å². The van der Waals surface area contributed by atoms with Gasteiger partial charge in [0.15, 0.2) is 0 Å². The molecule has 1 unspecified atom stereocenters. The zero-order valence-electron chi connectivity index (χ0n) is 15.5. The Morgan fingerprint density at radius 1 is 0.929 bits per heavy atom. The zero-order chi connectivity index (χ0) is 19.3. The summed E-state index contributed by atoms with van der Waals surface area (Å²) in [7, 11) is 0. The van der Waals surface area contributed by atoms with Gasteiger partial charge in [-0.3, -0.25) is 9.69 Å². The molecule has 28 heavy (non-hydrogen) atoms. The molecule has 0 saturated carbocycles. The lowest BCUT2D eigenvalue weighted by Gasteiger charge is -2.16. The van der Waals surface area contributed by atoms with Crippen molar-refractivity contribution < 1.29 is 9.18 Å². The van der Waals surface area contributed by atoms with Gasteiger partial charge in [-0.25, -0.2) is 9.38 Å². The van der Waals surface area contributed by atoms with Gasteiger partial charge in [-0.05, 0) is 48.4 Å². The topological polar surface area (TPSA) is 32.7 Å². The highest BCUT2D eigenvalue weighted by atomic mass is 19.1. The van der Waals surface area contributed by atoms with Gasteiger partial charge >= 0.3 is 0 Å². The molecule has 1 atom stereocenters. The molecule has 1 heterocycles. The number of halogens is 1. The van der Waals surface area contributed by atoms with Crippen molar-refractivity contribution in [2.75, 3.05) is 4.90 Å². The smallest absolute Gasteiger partial charge is 0.275 e. The van der Waals surface area contributed by atoms with Crippen LogP contribution in [0.5, 0.6) is 0 Å². The van der Waals surface area contributed by atoms with Crippen LogP contribution in [0.25, 0.3) is 0 Å². The Morgan fingerprint density at radius 3 is 2.46 bits per heavy atom. The number of fused-ring (bicyclic) bond motifs is 2. The van der Waals surface area contributed by atoms with Gasteiger partial charge in [-0.1, -0.05) is 42.5 Å². The van der Waals surface area contributed by atoms with E-state index in [0.29, 0.717) is 24.2 Å². The SMILES string of the molecule is CC1(F)Cc2ccc(N=C3C(=O)N(c4ccccc4)c4ccccc43)cc2C1.